The number of benzene rings is 2. The SMILES string of the molecule is O=C(Nc1[nH]c(=O)ncc1F)c1ccccc1.O=C(OC[C@@H]1OCCS1=O)c1ccccc1. The van der Waals surface area contributed by atoms with Crippen LogP contribution in [-0.2, 0) is 20.3 Å². The Morgan fingerprint density at radius 1 is 1.12 bits per heavy atom. The lowest BCUT2D eigenvalue weighted by Gasteiger charge is -2.09. The van der Waals surface area contributed by atoms with Crippen molar-refractivity contribution in [3.05, 3.63) is 94.3 Å². The number of hydrogen-bond acceptors (Lipinski definition) is 7. The van der Waals surface area contributed by atoms with E-state index in [1.807, 2.05) is 6.07 Å². The van der Waals surface area contributed by atoms with Crippen LogP contribution in [0, 0.1) is 5.82 Å². The third kappa shape index (κ3) is 7.16. The number of aromatic amines is 1. The molecule has 9 nitrogen and oxygen atoms in total. The second kappa shape index (κ2) is 11.8. The van der Waals surface area contributed by atoms with Gasteiger partial charge in [-0.05, 0) is 24.3 Å². The Kier molecular flexibility index (Phi) is 8.56. The van der Waals surface area contributed by atoms with E-state index in [0.29, 0.717) is 23.5 Å². The lowest BCUT2D eigenvalue weighted by Crippen LogP contribution is -2.21. The number of anilines is 1. The highest BCUT2D eigenvalue weighted by Crippen LogP contribution is 2.10. The van der Waals surface area contributed by atoms with Gasteiger partial charge in [0.25, 0.3) is 5.91 Å². The monoisotopic (exact) mass is 473 g/mol. The van der Waals surface area contributed by atoms with Crippen LogP contribution in [0.5, 0.6) is 0 Å². The Bertz CT molecular complexity index is 1170. The van der Waals surface area contributed by atoms with Gasteiger partial charge in [0.05, 0.1) is 29.2 Å². The molecule has 1 fully saturated rings. The first-order valence-corrected chi connectivity index (χ1v) is 11.1. The maximum absolute atomic E-state index is 13.2. The van der Waals surface area contributed by atoms with E-state index >= 15 is 0 Å². The molecule has 0 radical (unpaired) electrons. The van der Waals surface area contributed by atoms with Crippen molar-refractivity contribution in [1.29, 1.82) is 0 Å². The van der Waals surface area contributed by atoms with Crippen molar-refractivity contribution < 1.29 is 27.7 Å². The first-order valence-electron chi connectivity index (χ1n) is 9.76. The minimum absolute atomic E-state index is 0.0559. The molecule has 3 aromatic rings. The van der Waals surface area contributed by atoms with Crippen LogP contribution in [-0.4, -0.2) is 50.5 Å². The molecule has 172 valence electrons. The quantitative estimate of drug-likeness (QED) is 0.543. The number of amides is 1. The molecule has 0 spiro atoms. The number of nitrogens with one attached hydrogen (secondary N) is 2. The van der Waals surface area contributed by atoms with Crippen molar-refractivity contribution in [1.82, 2.24) is 9.97 Å². The van der Waals surface area contributed by atoms with Crippen LogP contribution >= 0.6 is 0 Å². The average molecular weight is 473 g/mol. The number of halogens is 1. The predicted octanol–water partition coefficient (Wildman–Crippen LogP) is 2.11. The van der Waals surface area contributed by atoms with E-state index in [1.54, 1.807) is 54.6 Å². The molecule has 0 saturated carbocycles. The van der Waals surface area contributed by atoms with Crippen molar-refractivity contribution in [3.63, 3.8) is 0 Å². The second-order valence-electron chi connectivity index (χ2n) is 6.58. The number of aromatic nitrogens is 2. The number of H-pyrrole nitrogens is 1. The summed E-state index contributed by atoms with van der Waals surface area (Å²) in [6.07, 6.45) is 0.749. The molecule has 1 aliphatic rings. The van der Waals surface area contributed by atoms with E-state index < -0.39 is 39.6 Å². The molecule has 33 heavy (non-hydrogen) atoms. The summed E-state index contributed by atoms with van der Waals surface area (Å²) in [5.41, 5.74) is -0.335. The largest absolute Gasteiger partial charge is 0.458 e. The zero-order valence-electron chi connectivity index (χ0n) is 17.2. The van der Waals surface area contributed by atoms with Crippen molar-refractivity contribution >= 4 is 28.5 Å². The summed E-state index contributed by atoms with van der Waals surface area (Å²) in [7, 11) is -1.03. The van der Waals surface area contributed by atoms with Crippen LogP contribution in [0.15, 0.2) is 71.7 Å². The molecule has 2 heterocycles. The summed E-state index contributed by atoms with van der Waals surface area (Å²) >= 11 is 0. The second-order valence-corrected chi connectivity index (χ2v) is 8.28. The molecular formula is C22H20FN3O6S. The zero-order valence-corrected chi connectivity index (χ0v) is 18.0. The molecule has 1 unspecified atom stereocenters. The smallest absolute Gasteiger partial charge is 0.346 e. The molecule has 1 saturated heterocycles. The van der Waals surface area contributed by atoms with E-state index in [1.165, 1.54) is 0 Å². The highest BCUT2D eigenvalue weighted by Gasteiger charge is 2.25. The van der Waals surface area contributed by atoms with E-state index in [0.717, 1.165) is 6.20 Å². The van der Waals surface area contributed by atoms with Gasteiger partial charge >= 0.3 is 11.7 Å². The lowest BCUT2D eigenvalue weighted by atomic mass is 10.2. The van der Waals surface area contributed by atoms with Gasteiger partial charge in [0.15, 0.2) is 17.1 Å². The molecule has 2 atom stereocenters. The number of hydrogen-bond donors (Lipinski definition) is 2. The molecule has 11 heteroatoms. The Hall–Kier alpha value is -3.70. The molecular weight excluding hydrogens is 453 g/mol. The normalized spacial score (nSPS) is 16.9. The van der Waals surface area contributed by atoms with E-state index in [9.17, 15) is 23.0 Å². The Morgan fingerprint density at radius 2 is 1.76 bits per heavy atom. The summed E-state index contributed by atoms with van der Waals surface area (Å²) in [5, 5.41) is 2.26. The Balaban J connectivity index is 0.000000186. The van der Waals surface area contributed by atoms with Crippen LogP contribution in [0.4, 0.5) is 10.2 Å². The van der Waals surface area contributed by atoms with Crippen LogP contribution in [0.2, 0.25) is 0 Å². The maximum Gasteiger partial charge on any atom is 0.346 e. The standard InChI is InChI=1S/C11H8FN3O2.C11H12O4S/c12-8-6-13-11(17)15-9(8)14-10(16)7-4-2-1-3-5-7;12-11(9-4-2-1-3-5-9)15-8-10-14-6-7-16(10)13/h1-6H,(H2,13,14,15,16,17);1-5,10H,6-8H2/t;10-,16?/m.1/s1. The van der Waals surface area contributed by atoms with Gasteiger partial charge in [-0.3, -0.25) is 14.0 Å². The summed E-state index contributed by atoms with van der Waals surface area (Å²) in [6, 6.07) is 17.0. The fraction of sp³-hybridized carbons (Fsp3) is 0.182. The van der Waals surface area contributed by atoms with Gasteiger partial charge in [0.2, 0.25) is 0 Å². The average Bonchev–Trinajstić information content (AvgIpc) is 3.26. The first-order chi connectivity index (χ1) is 15.9. The van der Waals surface area contributed by atoms with Crippen molar-refractivity contribution in [3.8, 4) is 0 Å². The van der Waals surface area contributed by atoms with Gasteiger partial charge in [-0.1, -0.05) is 36.4 Å². The van der Waals surface area contributed by atoms with E-state index in [2.05, 4.69) is 15.3 Å². The number of rotatable bonds is 5. The van der Waals surface area contributed by atoms with Crippen LogP contribution in [0.25, 0.3) is 0 Å². The fourth-order valence-corrected chi connectivity index (χ4v) is 3.63. The van der Waals surface area contributed by atoms with Gasteiger partial charge in [-0.2, -0.15) is 4.98 Å². The van der Waals surface area contributed by atoms with Gasteiger partial charge < -0.3 is 14.8 Å². The number of nitrogens with zero attached hydrogens (tertiary/aromatic N) is 1. The Morgan fingerprint density at radius 3 is 2.36 bits per heavy atom. The molecule has 2 aromatic carbocycles. The van der Waals surface area contributed by atoms with Crippen molar-refractivity contribution in [2.45, 2.75) is 5.44 Å². The third-order valence-electron chi connectivity index (χ3n) is 4.28. The van der Waals surface area contributed by atoms with Crippen LogP contribution in [0.1, 0.15) is 20.7 Å². The number of ether oxygens (including phenoxy) is 2. The summed E-state index contributed by atoms with van der Waals surface area (Å²) in [6.45, 7) is 0.528. The maximum atomic E-state index is 13.2. The molecule has 0 bridgehead atoms. The number of carbonyl (C=O) groups excluding carboxylic acids is 2. The molecule has 4 rings (SSSR count). The van der Waals surface area contributed by atoms with Gasteiger partial charge in [-0.15, -0.1) is 0 Å². The van der Waals surface area contributed by atoms with Gasteiger partial charge in [0.1, 0.15) is 6.61 Å². The molecule has 1 aromatic heterocycles. The molecule has 1 amide bonds. The highest BCUT2D eigenvalue weighted by molar-refractivity contribution is 7.85. The minimum atomic E-state index is -1.03. The van der Waals surface area contributed by atoms with Crippen molar-refractivity contribution in [2.24, 2.45) is 0 Å². The zero-order chi connectivity index (χ0) is 23.6. The highest BCUT2D eigenvalue weighted by atomic mass is 32.2. The summed E-state index contributed by atoms with van der Waals surface area (Å²) in [4.78, 5) is 39.3. The molecule has 0 aliphatic carbocycles. The fourth-order valence-electron chi connectivity index (χ4n) is 2.64. The topological polar surface area (TPSA) is 127 Å². The summed E-state index contributed by atoms with van der Waals surface area (Å²) < 4.78 is 34.7. The van der Waals surface area contributed by atoms with Crippen LogP contribution in [0.3, 0.4) is 0 Å². The van der Waals surface area contributed by atoms with E-state index in [4.69, 9.17) is 9.47 Å². The van der Waals surface area contributed by atoms with Crippen molar-refractivity contribution in [2.75, 3.05) is 24.3 Å². The number of esters is 1. The molecule has 1 aliphatic heterocycles. The lowest BCUT2D eigenvalue weighted by molar-refractivity contribution is 0.0292. The van der Waals surface area contributed by atoms with E-state index in [-0.39, 0.29) is 12.4 Å². The third-order valence-corrected chi connectivity index (χ3v) is 5.71. The van der Waals surface area contributed by atoms with Gasteiger partial charge in [0, 0.05) is 11.3 Å². The van der Waals surface area contributed by atoms with Gasteiger partial charge in [-0.25, -0.2) is 14.0 Å². The Labute approximate surface area is 190 Å². The summed E-state index contributed by atoms with van der Waals surface area (Å²) in [5.74, 6) is -1.49. The number of carbonyl (C=O) groups is 2. The minimum Gasteiger partial charge on any atom is -0.458 e. The molecule has 2 N–H and O–H groups in total. The predicted molar refractivity (Wildman–Crippen MR) is 119 cm³/mol. The van der Waals surface area contributed by atoms with Crippen LogP contribution < -0.4 is 11.0 Å². The first kappa shape index (κ1) is 24.0.